The van der Waals surface area contributed by atoms with Crippen LogP contribution in [0.5, 0.6) is 0 Å². The van der Waals surface area contributed by atoms with Crippen molar-refractivity contribution in [2.45, 2.75) is 50.0 Å². The maximum Gasteiger partial charge on any atom is 0.0733 e. The second-order valence-electron chi connectivity index (χ2n) is 3.75. The summed E-state index contributed by atoms with van der Waals surface area (Å²) in [5.74, 6) is 0. The maximum atomic E-state index is 5.82. The Hall–Kier alpha value is -0.0800. The van der Waals surface area contributed by atoms with Gasteiger partial charge in [-0.2, -0.15) is 0 Å². The van der Waals surface area contributed by atoms with Gasteiger partial charge in [-0.3, -0.25) is 0 Å². The summed E-state index contributed by atoms with van der Waals surface area (Å²) < 4.78 is 5.82. The number of ether oxygens (including phenoxy) is 1. The van der Waals surface area contributed by atoms with Gasteiger partial charge in [0.15, 0.2) is 0 Å². The fraction of sp³-hybridized carbons (Fsp3) is 1.00. The lowest BCUT2D eigenvalue weighted by Crippen LogP contribution is -2.47. The van der Waals surface area contributed by atoms with Crippen LogP contribution in [-0.4, -0.2) is 24.3 Å². The van der Waals surface area contributed by atoms with Crippen molar-refractivity contribution in [1.29, 1.82) is 0 Å². The third-order valence-electron chi connectivity index (χ3n) is 3.20. The van der Waals surface area contributed by atoms with E-state index in [0.29, 0.717) is 24.3 Å². The topological polar surface area (TPSA) is 21.3 Å². The van der Waals surface area contributed by atoms with Crippen molar-refractivity contribution in [2.24, 2.45) is 0 Å². The Labute approximate surface area is 60.9 Å². The molecule has 1 N–H and O–H groups in total. The first-order valence-electron chi connectivity index (χ1n) is 4.35. The van der Waals surface area contributed by atoms with E-state index in [1.807, 2.05) is 0 Å². The smallest absolute Gasteiger partial charge is 0.0733 e. The average molecular weight is 139 g/mol. The maximum absolute atomic E-state index is 5.82. The largest absolute Gasteiger partial charge is 0.372 e. The highest BCUT2D eigenvalue weighted by atomic mass is 16.5. The Kier molecular flexibility index (Phi) is 0.968. The van der Waals surface area contributed by atoms with Crippen molar-refractivity contribution in [3.8, 4) is 0 Å². The minimum absolute atomic E-state index is 0.573. The summed E-state index contributed by atoms with van der Waals surface area (Å²) in [5.41, 5.74) is 0. The first-order valence-corrected chi connectivity index (χ1v) is 4.35. The first-order chi connectivity index (χ1) is 4.93. The molecule has 0 radical (unpaired) electrons. The minimum atomic E-state index is 0.573. The molecule has 3 aliphatic heterocycles. The molecule has 3 saturated heterocycles. The van der Waals surface area contributed by atoms with Gasteiger partial charge in [0.25, 0.3) is 0 Å². The molecule has 2 heteroatoms. The van der Waals surface area contributed by atoms with Gasteiger partial charge in [0, 0.05) is 12.1 Å². The number of hydrogen-bond acceptors (Lipinski definition) is 2. The molecule has 56 valence electrons. The lowest BCUT2D eigenvalue weighted by atomic mass is 10.0. The lowest BCUT2D eigenvalue weighted by Gasteiger charge is -2.28. The van der Waals surface area contributed by atoms with Crippen LogP contribution >= 0.6 is 0 Å². The van der Waals surface area contributed by atoms with Crippen LogP contribution in [-0.2, 0) is 4.74 Å². The van der Waals surface area contributed by atoms with Crippen molar-refractivity contribution in [1.82, 2.24) is 5.32 Å². The molecule has 4 unspecified atom stereocenters. The van der Waals surface area contributed by atoms with Crippen LogP contribution in [0, 0.1) is 0 Å². The van der Waals surface area contributed by atoms with Crippen LogP contribution in [0.2, 0.25) is 0 Å². The zero-order chi connectivity index (χ0) is 6.55. The van der Waals surface area contributed by atoms with Gasteiger partial charge in [0.05, 0.1) is 12.2 Å². The summed E-state index contributed by atoms with van der Waals surface area (Å²) in [5, 5.41) is 3.63. The SMILES string of the molecule is C1CC2NC1C1CCC2O1. The molecule has 2 nitrogen and oxygen atoms in total. The highest BCUT2D eigenvalue weighted by Gasteiger charge is 2.45. The summed E-state index contributed by atoms with van der Waals surface area (Å²) in [7, 11) is 0. The molecule has 4 bridgehead atoms. The van der Waals surface area contributed by atoms with Crippen molar-refractivity contribution in [3.63, 3.8) is 0 Å². The molecule has 0 saturated carbocycles. The highest BCUT2D eigenvalue weighted by Crippen LogP contribution is 2.37. The van der Waals surface area contributed by atoms with Gasteiger partial charge in [0.2, 0.25) is 0 Å². The van der Waals surface area contributed by atoms with E-state index >= 15 is 0 Å². The molecule has 3 heterocycles. The lowest BCUT2D eigenvalue weighted by molar-refractivity contribution is -0.0148. The molecule has 10 heavy (non-hydrogen) atoms. The monoisotopic (exact) mass is 139 g/mol. The molecule has 3 aliphatic rings. The predicted octanol–water partition coefficient (Wildman–Crippen LogP) is 0.668. The quantitative estimate of drug-likeness (QED) is 0.532. The normalized spacial score (nSPS) is 57.6. The van der Waals surface area contributed by atoms with Crippen molar-refractivity contribution in [3.05, 3.63) is 0 Å². The Morgan fingerprint density at radius 2 is 1.50 bits per heavy atom. The van der Waals surface area contributed by atoms with E-state index in [-0.39, 0.29) is 0 Å². The van der Waals surface area contributed by atoms with E-state index in [0.717, 1.165) is 0 Å². The highest BCUT2D eigenvalue weighted by molar-refractivity contribution is 5.01. The zero-order valence-electron chi connectivity index (χ0n) is 6.05. The summed E-state index contributed by atoms with van der Waals surface area (Å²) >= 11 is 0. The summed E-state index contributed by atoms with van der Waals surface area (Å²) in [4.78, 5) is 0. The van der Waals surface area contributed by atoms with Crippen LogP contribution in [0.15, 0.2) is 0 Å². The van der Waals surface area contributed by atoms with Gasteiger partial charge in [-0.1, -0.05) is 0 Å². The summed E-state index contributed by atoms with van der Waals surface area (Å²) in [6, 6.07) is 1.42. The van der Waals surface area contributed by atoms with Crippen LogP contribution in [0.1, 0.15) is 25.7 Å². The molecule has 0 aromatic heterocycles. The van der Waals surface area contributed by atoms with Crippen LogP contribution in [0.3, 0.4) is 0 Å². The standard InChI is InChI=1S/C8H13NO/c1-2-6-8-4-3-7(10-8)5(1)9-6/h5-9H,1-4H2. The molecule has 3 rings (SSSR count). The van der Waals surface area contributed by atoms with Gasteiger partial charge < -0.3 is 10.1 Å². The van der Waals surface area contributed by atoms with E-state index in [1.165, 1.54) is 25.7 Å². The van der Waals surface area contributed by atoms with Crippen LogP contribution in [0.25, 0.3) is 0 Å². The predicted molar refractivity (Wildman–Crippen MR) is 37.8 cm³/mol. The molecule has 4 atom stereocenters. The average Bonchev–Trinajstić information content (AvgIpc) is 2.41. The molecule has 0 amide bonds. The molecule has 0 spiro atoms. The fourth-order valence-electron chi connectivity index (χ4n) is 2.67. The van der Waals surface area contributed by atoms with Gasteiger partial charge in [0.1, 0.15) is 0 Å². The summed E-state index contributed by atoms with van der Waals surface area (Å²) in [6.45, 7) is 0. The minimum Gasteiger partial charge on any atom is -0.372 e. The molecular formula is C8H13NO. The van der Waals surface area contributed by atoms with Gasteiger partial charge >= 0.3 is 0 Å². The van der Waals surface area contributed by atoms with Crippen molar-refractivity contribution in [2.75, 3.05) is 0 Å². The molecular weight excluding hydrogens is 126 g/mol. The van der Waals surface area contributed by atoms with Crippen molar-refractivity contribution >= 4 is 0 Å². The summed E-state index contributed by atoms with van der Waals surface area (Å²) in [6.07, 6.45) is 6.46. The Bertz CT molecular complexity index is 125. The van der Waals surface area contributed by atoms with Crippen LogP contribution in [0.4, 0.5) is 0 Å². The zero-order valence-corrected chi connectivity index (χ0v) is 6.05. The van der Waals surface area contributed by atoms with E-state index in [1.54, 1.807) is 0 Å². The van der Waals surface area contributed by atoms with E-state index in [4.69, 9.17) is 4.74 Å². The number of hydrogen-bond donors (Lipinski definition) is 1. The van der Waals surface area contributed by atoms with E-state index in [9.17, 15) is 0 Å². The number of nitrogens with one attached hydrogen (secondary N) is 1. The van der Waals surface area contributed by atoms with E-state index < -0.39 is 0 Å². The Balaban J connectivity index is 1.94. The Morgan fingerprint density at radius 1 is 0.900 bits per heavy atom. The first kappa shape index (κ1) is 5.56. The number of rotatable bonds is 0. The third kappa shape index (κ3) is 0.565. The molecule has 3 fully saturated rings. The second-order valence-corrected chi connectivity index (χ2v) is 3.75. The number of fused-ring (bicyclic) bond motifs is 6. The fourth-order valence-corrected chi connectivity index (χ4v) is 2.67. The number of morpholine rings is 1. The third-order valence-corrected chi connectivity index (χ3v) is 3.20. The molecule has 0 aliphatic carbocycles. The van der Waals surface area contributed by atoms with Crippen molar-refractivity contribution < 1.29 is 4.74 Å². The van der Waals surface area contributed by atoms with Gasteiger partial charge in [-0.05, 0) is 25.7 Å². The second kappa shape index (κ2) is 1.74. The van der Waals surface area contributed by atoms with E-state index in [2.05, 4.69) is 5.32 Å². The Morgan fingerprint density at radius 3 is 2.10 bits per heavy atom. The molecule has 0 aromatic carbocycles. The molecule has 0 aromatic rings. The van der Waals surface area contributed by atoms with Gasteiger partial charge in [-0.15, -0.1) is 0 Å². The van der Waals surface area contributed by atoms with Gasteiger partial charge in [-0.25, -0.2) is 0 Å². The van der Waals surface area contributed by atoms with Crippen LogP contribution < -0.4 is 5.32 Å².